The summed E-state index contributed by atoms with van der Waals surface area (Å²) in [4.78, 5) is 15.8. The highest BCUT2D eigenvalue weighted by molar-refractivity contribution is 7.07. The molecule has 0 unspecified atom stereocenters. The number of nitrogens with zero attached hydrogens (tertiary/aromatic N) is 1. The lowest BCUT2D eigenvalue weighted by molar-refractivity contribution is 0.0989. The zero-order valence-electron chi connectivity index (χ0n) is 9.14. The normalized spacial score (nSPS) is 10.3. The molecular formula is C13H13NOS. The minimum Gasteiger partial charge on any atom is -0.292 e. The van der Waals surface area contributed by atoms with Crippen molar-refractivity contribution in [1.82, 2.24) is 4.98 Å². The summed E-state index contributed by atoms with van der Waals surface area (Å²) >= 11 is 1.45. The van der Waals surface area contributed by atoms with E-state index in [1.807, 2.05) is 12.1 Å². The molecule has 2 aromatic rings. The third-order valence-corrected chi connectivity index (χ3v) is 3.10. The summed E-state index contributed by atoms with van der Waals surface area (Å²) in [5.41, 5.74) is 4.61. The Hall–Kier alpha value is -1.48. The monoisotopic (exact) mass is 231 g/mol. The van der Waals surface area contributed by atoms with Crippen molar-refractivity contribution in [3.63, 3.8) is 0 Å². The Morgan fingerprint density at radius 1 is 1.25 bits per heavy atom. The fourth-order valence-corrected chi connectivity index (χ4v) is 2.08. The Bertz CT molecular complexity index is 459. The molecule has 0 atom stereocenters. The molecule has 1 heterocycles. The quantitative estimate of drug-likeness (QED) is 0.757. The first-order valence-electron chi connectivity index (χ1n) is 5.29. The van der Waals surface area contributed by atoms with Crippen LogP contribution in [0, 0.1) is 0 Å². The summed E-state index contributed by atoms with van der Waals surface area (Å²) in [7, 11) is 0. The zero-order chi connectivity index (χ0) is 11.4. The predicted molar refractivity (Wildman–Crippen MR) is 66.0 cm³/mol. The maximum atomic E-state index is 11.8. The number of thiazole rings is 1. The maximum absolute atomic E-state index is 11.8. The van der Waals surface area contributed by atoms with E-state index >= 15 is 0 Å². The van der Waals surface area contributed by atoms with Gasteiger partial charge < -0.3 is 0 Å². The van der Waals surface area contributed by atoms with Gasteiger partial charge in [0.1, 0.15) is 5.69 Å². The summed E-state index contributed by atoms with van der Waals surface area (Å²) < 4.78 is 0. The van der Waals surface area contributed by atoms with Crippen LogP contribution in [0.15, 0.2) is 35.2 Å². The van der Waals surface area contributed by atoms with Gasteiger partial charge in [0.25, 0.3) is 0 Å². The van der Waals surface area contributed by atoms with Crippen molar-refractivity contribution < 1.29 is 4.79 Å². The van der Waals surface area contributed by atoms with Crippen molar-refractivity contribution in [2.75, 3.05) is 0 Å². The van der Waals surface area contributed by atoms with E-state index in [-0.39, 0.29) is 5.78 Å². The van der Waals surface area contributed by atoms with Gasteiger partial charge in [-0.25, -0.2) is 4.98 Å². The molecule has 0 bridgehead atoms. The van der Waals surface area contributed by atoms with Crippen molar-refractivity contribution >= 4 is 17.1 Å². The van der Waals surface area contributed by atoms with Gasteiger partial charge in [-0.1, -0.05) is 31.2 Å². The summed E-state index contributed by atoms with van der Waals surface area (Å²) in [5.74, 6) is 0.0884. The molecule has 0 aliphatic heterocycles. The lowest BCUT2D eigenvalue weighted by atomic mass is 10.0. The van der Waals surface area contributed by atoms with Crippen LogP contribution in [0.1, 0.15) is 28.5 Å². The average molecular weight is 231 g/mol. The largest absolute Gasteiger partial charge is 0.292 e. The van der Waals surface area contributed by atoms with Crippen LogP contribution in [0.25, 0.3) is 0 Å². The van der Waals surface area contributed by atoms with E-state index in [0.717, 1.165) is 12.0 Å². The number of hydrogen-bond acceptors (Lipinski definition) is 3. The van der Waals surface area contributed by atoms with Gasteiger partial charge in [0.05, 0.1) is 5.51 Å². The van der Waals surface area contributed by atoms with Gasteiger partial charge >= 0.3 is 0 Å². The highest BCUT2D eigenvalue weighted by atomic mass is 32.1. The van der Waals surface area contributed by atoms with E-state index < -0.39 is 0 Å². The molecule has 0 saturated carbocycles. The van der Waals surface area contributed by atoms with Crippen molar-refractivity contribution in [1.29, 1.82) is 0 Å². The van der Waals surface area contributed by atoms with Crippen LogP contribution >= 0.6 is 11.3 Å². The molecule has 0 spiro atoms. The molecular weight excluding hydrogens is 218 g/mol. The lowest BCUT2D eigenvalue weighted by Gasteiger charge is -2.00. The number of Topliss-reactive ketones (excluding diaryl/α,β-unsaturated/α-hetero) is 1. The highest BCUT2D eigenvalue weighted by Gasteiger charge is 2.08. The molecule has 2 nitrogen and oxygen atoms in total. The van der Waals surface area contributed by atoms with Gasteiger partial charge in [-0.3, -0.25) is 4.79 Å². The summed E-state index contributed by atoms with van der Waals surface area (Å²) in [6, 6.07) is 8.18. The molecule has 0 fully saturated rings. The Kier molecular flexibility index (Phi) is 3.47. The second kappa shape index (κ2) is 5.03. The topological polar surface area (TPSA) is 30.0 Å². The first-order chi connectivity index (χ1) is 7.79. The van der Waals surface area contributed by atoms with Crippen LogP contribution in [0.3, 0.4) is 0 Å². The smallest absolute Gasteiger partial charge is 0.186 e. The van der Waals surface area contributed by atoms with E-state index in [4.69, 9.17) is 0 Å². The fourth-order valence-electron chi connectivity index (χ4n) is 1.52. The second-order valence-corrected chi connectivity index (χ2v) is 4.36. The molecule has 16 heavy (non-hydrogen) atoms. The van der Waals surface area contributed by atoms with Gasteiger partial charge in [0.2, 0.25) is 0 Å². The van der Waals surface area contributed by atoms with Crippen molar-refractivity contribution in [3.8, 4) is 0 Å². The number of rotatable bonds is 4. The predicted octanol–water partition coefficient (Wildman–Crippen LogP) is 3.13. The van der Waals surface area contributed by atoms with Gasteiger partial charge in [-0.05, 0) is 17.5 Å². The first-order valence-corrected chi connectivity index (χ1v) is 6.23. The van der Waals surface area contributed by atoms with E-state index in [1.165, 1.54) is 16.9 Å². The summed E-state index contributed by atoms with van der Waals surface area (Å²) in [6.07, 6.45) is 1.47. The third kappa shape index (κ3) is 2.55. The minimum atomic E-state index is 0.0884. The number of benzene rings is 1. The van der Waals surface area contributed by atoms with Crippen LogP contribution in [0.4, 0.5) is 0 Å². The number of ketones is 1. The molecule has 0 amide bonds. The molecule has 2 rings (SSSR count). The third-order valence-electron chi connectivity index (χ3n) is 2.51. The van der Waals surface area contributed by atoms with Gasteiger partial charge in [0, 0.05) is 11.8 Å². The van der Waals surface area contributed by atoms with Crippen molar-refractivity contribution in [2.45, 2.75) is 19.8 Å². The molecule has 1 aromatic carbocycles. The van der Waals surface area contributed by atoms with E-state index in [0.29, 0.717) is 12.1 Å². The SMILES string of the molecule is CCc1ccc(CC(=O)c2cscn2)cc1. The Labute approximate surface area is 99.0 Å². The van der Waals surface area contributed by atoms with E-state index in [2.05, 4.69) is 24.0 Å². The van der Waals surface area contributed by atoms with Crippen LogP contribution in [0.2, 0.25) is 0 Å². The van der Waals surface area contributed by atoms with E-state index in [9.17, 15) is 4.79 Å². The van der Waals surface area contributed by atoms with Gasteiger partial charge in [0.15, 0.2) is 5.78 Å². The summed E-state index contributed by atoms with van der Waals surface area (Å²) in [5, 5.41) is 1.79. The molecule has 0 aliphatic carbocycles. The molecule has 1 aromatic heterocycles. The average Bonchev–Trinajstić information content (AvgIpc) is 2.83. The Morgan fingerprint density at radius 2 is 1.94 bits per heavy atom. The highest BCUT2D eigenvalue weighted by Crippen LogP contribution is 2.10. The molecule has 0 saturated heterocycles. The van der Waals surface area contributed by atoms with Gasteiger partial charge in [-0.15, -0.1) is 11.3 Å². The Morgan fingerprint density at radius 3 is 2.50 bits per heavy atom. The van der Waals surface area contributed by atoms with Gasteiger partial charge in [-0.2, -0.15) is 0 Å². The van der Waals surface area contributed by atoms with Crippen LogP contribution in [0.5, 0.6) is 0 Å². The number of carbonyl (C=O) groups excluding carboxylic acids is 1. The maximum Gasteiger partial charge on any atom is 0.186 e. The summed E-state index contributed by atoms with van der Waals surface area (Å²) in [6.45, 7) is 2.12. The molecule has 0 N–H and O–H groups in total. The lowest BCUT2D eigenvalue weighted by Crippen LogP contribution is -2.03. The number of aryl methyl sites for hydroxylation is 1. The number of carbonyl (C=O) groups is 1. The molecule has 3 heteroatoms. The van der Waals surface area contributed by atoms with E-state index in [1.54, 1.807) is 10.9 Å². The molecule has 0 radical (unpaired) electrons. The zero-order valence-corrected chi connectivity index (χ0v) is 9.96. The fraction of sp³-hybridized carbons (Fsp3) is 0.231. The molecule has 0 aliphatic rings. The van der Waals surface area contributed by atoms with Crippen LogP contribution < -0.4 is 0 Å². The van der Waals surface area contributed by atoms with Crippen LogP contribution in [-0.4, -0.2) is 10.8 Å². The van der Waals surface area contributed by atoms with Crippen molar-refractivity contribution in [2.24, 2.45) is 0 Å². The van der Waals surface area contributed by atoms with Crippen LogP contribution in [-0.2, 0) is 12.8 Å². The number of hydrogen-bond donors (Lipinski definition) is 0. The first kappa shape index (κ1) is 11.0. The second-order valence-electron chi connectivity index (χ2n) is 3.64. The standard InChI is InChI=1S/C13H13NOS/c1-2-10-3-5-11(6-4-10)7-13(15)12-8-16-9-14-12/h3-6,8-9H,2,7H2,1H3. The molecule has 82 valence electrons. The van der Waals surface area contributed by atoms with Crippen molar-refractivity contribution in [3.05, 3.63) is 52.0 Å². The Balaban J connectivity index is 2.06. The number of aromatic nitrogens is 1. The minimum absolute atomic E-state index is 0.0884.